The van der Waals surface area contributed by atoms with Gasteiger partial charge in [0.15, 0.2) is 5.82 Å². The predicted octanol–water partition coefficient (Wildman–Crippen LogP) is 3.97. The second-order valence-electron chi connectivity index (χ2n) is 12.1. The maximum absolute atomic E-state index is 13.0. The topological polar surface area (TPSA) is 87.9 Å². The van der Waals surface area contributed by atoms with Crippen LogP contribution >= 0.6 is 11.3 Å². The van der Waals surface area contributed by atoms with Crippen LogP contribution in [0.2, 0.25) is 0 Å². The quantitative estimate of drug-likeness (QED) is 0.472. The van der Waals surface area contributed by atoms with Gasteiger partial charge in [-0.15, -0.1) is 21.5 Å². The molecule has 9 nitrogen and oxygen atoms in total. The first-order valence-corrected chi connectivity index (χ1v) is 15.0. The number of anilines is 1. The van der Waals surface area contributed by atoms with Crippen molar-refractivity contribution in [2.24, 2.45) is 4.99 Å². The number of aromatic nitrogens is 3. The Balaban J connectivity index is 1.34. The van der Waals surface area contributed by atoms with Crippen molar-refractivity contribution in [3.05, 3.63) is 57.5 Å². The molecule has 10 heteroatoms. The van der Waals surface area contributed by atoms with E-state index in [0.29, 0.717) is 11.9 Å². The average Bonchev–Trinajstić information content (AvgIpc) is 3.34. The molecule has 1 N–H and O–H groups in total. The Morgan fingerprint density at radius 3 is 2.38 bits per heavy atom. The molecule has 0 radical (unpaired) electrons. The standard InChI is InChI=1S/C30H39N7O2S/c1-18-19(2)40-29-26(18)27(32-24(15-25(38)39-30(4,5)6)28-34-33-20(3)37(28)29)21-7-9-22(10-8-21)35-11-13-36(14-12-35)23-16-31-17-23/h7-10,23-24,31H,11-17H2,1-6H3/t24-/m0/s1. The summed E-state index contributed by atoms with van der Waals surface area (Å²) in [4.78, 5) is 24.5. The Labute approximate surface area is 240 Å². The molecule has 40 heavy (non-hydrogen) atoms. The minimum absolute atomic E-state index is 0.102. The molecule has 1 aromatic carbocycles. The molecule has 0 aliphatic carbocycles. The molecular formula is C30H39N7O2S. The number of nitrogens with one attached hydrogen (secondary N) is 1. The van der Waals surface area contributed by atoms with Crippen LogP contribution in [0.15, 0.2) is 29.3 Å². The van der Waals surface area contributed by atoms with Crippen LogP contribution in [0.3, 0.4) is 0 Å². The second kappa shape index (κ2) is 10.4. The molecule has 0 amide bonds. The highest BCUT2D eigenvalue weighted by atomic mass is 32.1. The zero-order chi connectivity index (χ0) is 28.2. The summed E-state index contributed by atoms with van der Waals surface area (Å²) in [5.41, 5.74) is 4.89. The molecule has 5 heterocycles. The molecule has 2 aromatic heterocycles. The third-order valence-electron chi connectivity index (χ3n) is 8.12. The first kappa shape index (κ1) is 27.1. The van der Waals surface area contributed by atoms with Gasteiger partial charge in [0.1, 0.15) is 22.5 Å². The monoisotopic (exact) mass is 561 g/mol. The van der Waals surface area contributed by atoms with Gasteiger partial charge in [0.25, 0.3) is 0 Å². The van der Waals surface area contributed by atoms with Gasteiger partial charge >= 0.3 is 5.97 Å². The van der Waals surface area contributed by atoms with Gasteiger partial charge in [0.05, 0.1) is 12.1 Å². The molecule has 2 saturated heterocycles. The van der Waals surface area contributed by atoms with E-state index in [4.69, 9.17) is 9.73 Å². The molecule has 0 saturated carbocycles. The smallest absolute Gasteiger partial charge is 0.308 e. The number of aliphatic imine (C=N–C) groups is 1. The van der Waals surface area contributed by atoms with Crippen molar-refractivity contribution in [2.45, 2.75) is 65.6 Å². The molecule has 1 atom stereocenters. The van der Waals surface area contributed by atoms with Gasteiger partial charge in [0, 0.05) is 67.0 Å². The molecule has 3 aromatic rings. The summed E-state index contributed by atoms with van der Waals surface area (Å²) in [6.07, 6.45) is 0.102. The van der Waals surface area contributed by atoms with E-state index in [-0.39, 0.29) is 12.4 Å². The van der Waals surface area contributed by atoms with E-state index in [2.05, 4.69) is 68.0 Å². The van der Waals surface area contributed by atoms with Gasteiger partial charge in [-0.05, 0) is 59.2 Å². The first-order chi connectivity index (χ1) is 19.1. The Bertz CT molecular complexity index is 1440. The van der Waals surface area contributed by atoms with Crippen LogP contribution in [0.1, 0.15) is 66.5 Å². The fourth-order valence-electron chi connectivity index (χ4n) is 5.77. The van der Waals surface area contributed by atoms with Crippen molar-refractivity contribution in [1.82, 2.24) is 25.0 Å². The molecule has 0 bridgehead atoms. The second-order valence-corrected chi connectivity index (χ2v) is 13.3. The summed E-state index contributed by atoms with van der Waals surface area (Å²) in [5, 5.41) is 13.3. The lowest BCUT2D eigenvalue weighted by atomic mass is 9.99. The largest absolute Gasteiger partial charge is 0.460 e. The van der Waals surface area contributed by atoms with Crippen LogP contribution in [0.5, 0.6) is 0 Å². The fraction of sp³-hybridized carbons (Fsp3) is 0.533. The number of benzene rings is 1. The highest BCUT2D eigenvalue weighted by Crippen LogP contribution is 2.40. The van der Waals surface area contributed by atoms with Crippen molar-refractivity contribution in [3.63, 3.8) is 0 Å². The molecule has 0 spiro atoms. The summed E-state index contributed by atoms with van der Waals surface area (Å²) in [5.74, 6) is 1.17. The Kier molecular flexibility index (Phi) is 7.04. The van der Waals surface area contributed by atoms with Crippen molar-refractivity contribution < 1.29 is 9.53 Å². The predicted molar refractivity (Wildman–Crippen MR) is 159 cm³/mol. The van der Waals surface area contributed by atoms with E-state index in [9.17, 15) is 4.79 Å². The summed E-state index contributed by atoms with van der Waals surface area (Å²) in [6.45, 7) is 18.4. The lowest BCUT2D eigenvalue weighted by molar-refractivity contribution is -0.155. The number of hydrogen-bond acceptors (Lipinski definition) is 9. The van der Waals surface area contributed by atoms with Crippen molar-refractivity contribution >= 4 is 28.7 Å². The Morgan fingerprint density at radius 2 is 1.75 bits per heavy atom. The van der Waals surface area contributed by atoms with E-state index in [1.54, 1.807) is 11.3 Å². The van der Waals surface area contributed by atoms with Gasteiger partial charge in [-0.3, -0.25) is 19.3 Å². The maximum Gasteiger partial charge on any atom is 0.308 e. The summed E-state index contributed by atoms with van der Waals surface area (Å²) in [7, 11) is 0. The van der Waals surface area contributed by atoms with E-state index >= 15 is 0 Å². The number of ether oxygens (including phenoxy) is 1. The fourth-order valence-corrected chi connectivity index (χ4v) is 6.99. The number of esters is 1. The number of hydrogen-bond donors (Lipinski definition) is 1. The molecule has 0 unspecified atom stereocenters. The van der Waals surface area contributed by atoms with Crippen LogP contribution in [0, 0.1) is 20.8 Å². The summed E-state index contributed by atoms with van der Waals surface area (Å²) < 4.78 is 7.77. The van der Waals surface area contributed by atoms with E-state index in [1.165, 1.54) is 16.1 Å². The van der Waals surface area contributed by atoms with E-state index in [1.807, 2.05) is 27.7 Å². The SMILES string of the molecule is Cc1sc2c(c1C)C(c1ccc(N3CCN(C4CNC4)CC3)cc1)=N[C@@H](CC(=O)OC(C)(C)C)c1nnc(C)n1-2. The highest BCUT2D eigenvalue weighted by Gasteiger charge is 2.34. The number of fused-ring (bicyclic) bond motifs is 3. The van der Waals surface area contributed by atoms with Crippen LogP contribution in [-0.4, -0.2) is 82.3 Å². The first-order valence-electron chi connectivity index (χ1n) is 14.2. The molecule has 3 aliphatic rings. The van der Waals surface area contributed by atoms with Crippen molar-refractivity contribution in [2.75, 3.05) is 44.2 Å². The van der Waals surface area contributed by atoms with Crippen molar-refractivity contribution in [3.8, 4) is 5.00 Å². The minimum atomic E-state index is -0.569. The molecule has 2 fully saturated rings. The Hall–Kier alpha value is -3.08. The lowest BCUT2D eigenvalue weighted by Crippen LogP contribution is -2.61. The third-order valence-corrected chi connectivity index (χ3v) is 9.31. The number of rotatable bonds is 5. The zero-order valence-electron chi connectivity index (χ0n) is 24.3. The van der Waals surface area contributed by atoms with Crippen LogP contribution < -0.4 is 10.2 Å². The normalized spacial score (nSPS) is 19.9. The van der Waals surface area contributed by atoms with E-state index in [0.717, 1.165) is 66.9 Å². The van der Waals surface area contributed by atoms with E-state index < -0.39 is 11.6 Å². The third kappa shape index (κ3) is 5.08. The van der Waals surface area contributed by atoms with Gasteiger partial charge in [-0.1, -0.05) is 12.1 Å². The van der Waals surface area contributed by atoms with Gasteiger partial charge in [0.2, 0.25) is 0 Å². The number of thiophene rings is 1. The highest BCUT2D eigenvalue weighted by molar-refractivity contribution is 7.15. The van der Waals surface area contributed by atoms with Gasteiger partial charge in [-0.25, -0.2) is 0 Å². The minimum Gasteiger partial charge on any atom is -0.460 e. The van der Waals surface area contributed by atoms with Gasteiger partial charge in [-0.2, -0.15) is 0 Å². The zero-order valence-corrected chi connectivity index (χ0v) is 25.1. The number of piperazine rings is 1. The van der Waals surface area contributed by atoms with Crippen molar-refractivity contribution in [1.29, 1.82) is 0 Å². The number of carbonyl (C=O) groups excluding carboxylic acids is 1. The van der Waals surface area contributed by atoms with Gasteiger partial charge < -0.3 is 15.0 Å². The van der Waals surface area contributed by atoms with Crippen LogP contribution in [0.4, 0.5) is 5.69 Å². The molecule has 3 aliphatic heterocycles. The molecular weight excluding hydrogens is 522 g/mol. The lowest BCUT2D eigenvalue weighted by Gasteiger charge is -2.43. The number of nitrogens with zero attached hydrogens (tertiary/aromatic N) is 6. The number of aryl methyl sites for hydroxylation is 2. The van der Waals surface area contributed by atoms with Crippen LogP contribution in [-0.2, 0) is 9.53 Å². The summed E-state index contributed by atoms with van der Waals surface area (Å²) in [6, 6.07) is 8.98. The Morgan fingerprint density at radius 1 is 1.05 bits per heavy atom. The van der Waals surface area contributed by atoms with Crippen LogP contribution in [0.25, 0.3) is 5.00 Å². The number of carbonyl (C=O) groups is 1. The molecule has 212 valence electrons. The molecule has 6 rings (SSSR count). The average molecular weight is 562 g/mol. The maximum atomic E-state index is 13.0. The summed E-state index contributed by atoms with van der Waals surface area (Å²) >= 11 is 1.72.